The Bertz CT molecular complexity index is 588. The highest BCUT2D eigenvalue weighted by Crippen LogP contribution is 2.32. The van der Waals surface area contributed by atoms with Crippen molar-refractivity contribution in [2.45, 2.75) is 9.79 Å². The van der Waals surface area contributed by atoms with Crippen LogP contribution in [0.1, 0.15) is 5.56 Å². The third-order valence-corrected chi connectivity index (χ3v) is 3.52. The quantitative estimate of drug-likeness (QED) is 0.387. The lowest BCUT2D eigenvalue weighted by atomic mass is 10.2. The number of aromatic nitrogens is 1. The zero-order chi connectivity index (χ0) is 13.7. The molecule has 0 saturated heterocycles. The summed E-state index contributed by atoms with van der Waals surface area (Å²) in [6, 6.07) is 9.15. The van der Waals surface area contributed by atoms with Gasteiger partial charge in [0.15, 0.2) is 5.84 Å². The van der Waals surface area contributed by atoms with Gasteiger partial charge in [0.05, 0.1) is 7.11 Å². The smallest absolute Gasteiger partial charge is 0.171 e. The molecule has 0 saturated carbocycles. The largest absolute Gasteiger partial charge is 0.497 e. The number of ether oxygens (including phenoxy) is 1. The first-order valence-electron chi connectivity index (χ1n) is 5.48. The van der Waals surface area contributed by atoms with Crippen LogP contribution in [0.25, 0.3) is 0 Å². The molecule has 0 bridgehead atoms. The van der Waals surface area contributed by atoms with Crippen LogP contribution in [0.5, 0.6) is 5.75 Å². The summed E-state index contributed by atoms with van der Waals surface area (Å²) < 4.78 is 5.19. The molecule has 1 aromatic carbocycles. The van der Waals surface area contributed by atoms with Gasteiger partial charge in [-0.3, -0.25) is 4.98 Å². The van der Waals surface area contributed by atoms with Gasteiger partial charge in [-0.05, 0) is 30.3 Å². The van der Waals surface area contributed by atoms with Gasteiger partial charge in [0.1, 0.15) is 5.75 Å². The number of rotatable bonds is 4. The van der Waals surface area contributed by atoms with Gasteiger partial charge >= 0.3 is 0 Å². The van der Waals surface area contributed by atoms with Crippen LogP contribution in [0.4, 0.5) is 0 Å². The maximum Gasteiger partial charge on any atom is 0.171 e. The molecule has 19 heavy (non-hydrogen) atoms. The Balaban J connectivity index is 2.41. The molecule has 0 unspecified atom stereocenters. The monoisotopic (exact) mass is 275 g/mol. The lowest BCUT2D eigenvalue weighted by molar-refractivity contribution is 0.318. The molecule has 2 rings (SSSR count). The van der Waals surface area contributed by atoms with E-state index in [9.17, 15) is 0 Å². The van der Waals surface area contributed by atoms with E-state index in [4.69, 9.17) is 15.7 Å². The van der Waals surface area contributed by atoms with Crippen molar-refractivity contribution in [1.29, 1.82) is 0 Å². The molecule has 0 amide bonds. The fourth-order valence-electron chi connectivity index (χ4n) is 1.51. The standard InChI is InChI=1S/C13H13N3O2S/c1-18-9-2-3-11(13(14)16-17)12(8-9)19-10-4-6-15-7-5-10/h2-8,17H,1H3,(H2,14,16). The van der Waals surface area contributed by atoms with E-state index in [1.54, 1.807) is 31.6 Å². The molecule has 0 aliphatic carbocycles. The second-order valence-electron chi connectivity index (χ2n) is 3.63. The van der Waals surface area contributed by atoms with Crippen molar-refractivity contribution in [2.75, 3.05) is 7.11 Å². The highest BCUT2D eigenvalue weighted by atomic mass is 32.2. The molecule has 1 aromatic heterocycles. The van der Waals surface area contributed by atoms with Crippen molar-refractivity contribution in [3.05, 3.63) is 48.3 Å². The van der Waals surface area contributed by atoms with Gasteiger partial charge in [-0.2, -0.15) is 0 Å². The van der Waals surface area contributed by atoms with E-state index < -0.39 is 0 Å². The van der Waals surface area contributed by atoms with E-state index in [1.807, 2.05) is 18.2 Å². The topological polar surface area (TPSA) is 80.7 Å². The average Bonchev–Trinajstić information content (AvgIpc) is 2.47. The van der Waals surface area contributed by atoms with Gasteiger partial charge in [-0.25, -0.2) is 0 Å². The van der Waals surface area contributed by atoms with Crippen LogP contribution in [-0.4, -0.2) is 23.1 Å². The Labute approximate surface area is 115 Å². The van der Waals surface area contributed by atoms with Gasteiger partial charge in [0, 0.05) is 27.7 Å². The minimum atomic E-state index is 0.0687. The van der Waals surface area contributed by atoms with Crippen LogP contribution in [0.15, 0.2) is 57.7 Å². The number of hydrogen-bond acceptors (Lipinski definition) is 5. The fraction of sp³-hybridized carbons (Fsp3) is 0.0769. The Morgan fingerprint density at radius 3 is 2.68 bits per heavy atom. The molecule has 0 aliphatic rings. The van der Waals surface area contributed by atoms with Crippen molar-refractivity contribution in [2.24, 2.45) is 10.9 Å². The number of hydrogen-bond donors (Lipinski definition) is 2. The summed E-state index contributed by atoms with van der Waals surface area (Å²) in [7, 11) is 1.60. The van der Waals surface area contributed by atoms with E-state index in [-0.39, 0.29) is 5.84 Å². The molecule has 0 aliphatic heterocycles. The predicted octanol–water partition coefficient (Wildman–Crippen LogP) is 2.34. The molecule has 6 heteroatoms. The summed E-state index contributed by atoms with van der Waals surface area (Å²) in [6.07, 6.45) is 3.43. The average molecular weight is 275 g/mol. The second-order valence-corrected chi connectivity index (χ2v) is 4.75. The van der Waals surface area contributed by atoms with Gasteiger partial charge in [-0.1, -0.05) is 16.9 Å². The highest BCUT2D eigenvalue weighted by Gasteiger charge is 2.10. The Morgan fingerprint density at radius 2 is 2.05 bits per heavy atom. The SMILES string of the molecule is COc1ccc(/C(N)=N/O)c(Sc2ccncc2)c1. The van der Waals surface area contributed by atoms with Crippen molar-refractivity contribution < 1.29 is 9.94 Å². The number of benzene rings is 1. The summed E-state index contributed by atoms with van der Waals surface area (Å²) in [4.78, 5) is 5.83. The molecule has 0 radical (unpaired) electrons. The van der Waals surface area contributed by atoms with Crippen molar-refractivity contribution in [3.8, 4) is 5.75 Å². The first-order chi connectivity index (χ1) is 9.24. The molecule has 3 N–H and O–H groups in total. The zero-order valence-corrected chi connectivity index (χ0v) is 11.1. The summed E-state index contributed by atoms with van der Waals surface area (Å²) in [6.45, 7) is 0. The van der Waals surface area contributed by atoms with Crippen molar-refractivity contribution in [1.82, 2.24) is 4.98 Å². The van der Waals surface area contributed by atoms with E-state index in [0.717, 1.165) is 9.79 Å². The van der Waals surface area contributed by atoms with Gasteiger partial charge in [0.2, 0.25) is 0 Å². The van der Waals surface area contributed by atoms with E-state index in [1.165, 1.54) is 11.8 Å². The molecule has 0 spiro atoms. The maximum atomic E-state index is 8.82. The van der Waals surface area contributed by atoms with E-state index >= 15 is 0 Å². The fourth-order valence-corrected chi connectivity index (χ4v) is 2.48. The molecule has 2 aromatic rings. The van der Waals surface area contributed by atoms with Crippen LogP contribution in [0.3, 0.4) is 0 Å². The van der Waals surface area contributed by atoms with Crippen LogP contribution < -0.4 is 10.5 Å². The van der Waals surface area contributed by atoms with Crippen molar-refractivity contribution in [3.63, 3.8) is 0 Å². The zero-order valence-electron chi connectivity index (χ0n) is 10.3. The number of methoxy groups -OCH3 is 1. The van der Waals surface area contributed by atoms with Crippen LogP contribution in [0, 0.1) is 0 Å². The van der Waals surface area contributed by atoms with Gasteiger partial charge in [-0.15, -0.1) is 0 Å². The Hall–Kier alpha value is -2.21. The number of amidine groups is 1. The lowest BCUT2D eigenvalue weighted by Gasteiger charge is -2.10. The first-order valence-corrected chi connectivity index (χ1v) is 6.30. The third-order valence-electron chi connectivity index (χ3n) is 2.45. The Morgan fingerprint density at radius 1 is 1.32 bits per heavy atom. The first kappa shape index (κ1) is 13.2. The summed E-state index contributed by atoms with van der Waals surface area (Å²) >= 11 is 1.50. The van der Waals surface area contributed by atoms with Crippen LogP contribution in [0.2, 0.25) is 0 Å². The van der Waals surface area contributed by atoms with E-state index in [2.05, 4.69) is 10.1 Å². The van der Waals surface area contributed by atoms with Crippen LogP contribution >= 0.6 is 11.8 Å². The number of nitrogens with zero attached hydrogens (tertiary/aromatic N) is 2. The second kappa shape index (κ2) is 6.10. The third kappa shape index (κ3) is 3.17. The van der Waals surface area contributed by atoms with Crippen molar-refractivity contribution >= 4 is 17.6 Å². The molecular weight excluding hydrogens is 262 g/mol. The lowest BCUT2D eigenvalue weighted by Crippen LogP contribution is -2.14. The molecule has 5 nitrogen and oxygen atoms in total. The Kier molecular flexibility index (Phi) is 4.25. The van der Waals surface area contributed by atoms with Gasteiger partial charge in [0.25, 0.3) is 0 Å². The molecule has 0 fully saturated rings. The molecular formula is C13H13N3O2S. The summed E-state index contributed by atoms with van der Waals surface area (Å²) in [5, 5.41) is 11.9. The number of pyridine rings is 1. The molecule has 98 valence electrons. The highest BCUT2D eigenvalue weighted by molar-refractivity contribution is 7.99. The van der Waals surface area contributed by atoms with E-state index in [0.29, 0.717) is 11.3 Å². The van der Waals surface area contributed by atoms with Gasteiger partial charge < -0.3 is 15.7 Å². The number of nitrogens with two attached hydrogens (primary N) is 1. The predicted molar refractivity (Wildman–Crippen MR) is 73.9 cm³/mol. The summed E-state index contributed by atoms with van der Waals surface area (Å²) in [5.41, 5.74) is 6.33. The maximum absolute atomic E-state index is 8.82. The number of oxime groups is 1. The minimum Gasteiger partial charge on any atom is -0.497 e. The summed E-state index contributed by atoms with van der Waals surface area (Å²) in [5.74, 6) is 0.783. The molecule has 1 heterocycles. The normalized spacial score (nSPS) is 11.3. The van der Waals surface area contributed by atoms with Crippen LogP contribution in [-0.2, 0) is 0 Å². The molecule has 0 atom stereocenters. The minimum absolute atomic E-state index is 0.0687.